The molecule has 3 saturated heterocycles. The van der Waals surface area contributed by atoms with E-state index in [1.54, 1.807) is 0 Å². The average molecular weight is 266 g/mol. The van der Waals surface area contributed by atoms with Gasteiger partial charge in [-0.1, -0.05) is 6.42 Å². The van der Waals surface area contributed by atoms with Crippen molar-refractivity contribution in [1.29, 1.82) is 0 Å². The molecular formula is C15H30N4. The van der Waals surface area contributed by atoms with Gasteiger partial charge in [0.1, 0.15) is 0 Å². The first-order chi connectivity index (χ1) is 9.16. The Morgan fingerprint density at radius 1 is 1.11 bits per heavy atom. The molecule has 19 heavy (non-hydrogen) atoms. The van der Waals surface area contributed by atoms with Crippen LogP contribution in [0.15, 0.2) is 0 Å². The smallest absolute Gasteiger partial charge is 0.0615 e. The molecule has 4 unspecified atom stereocenters. The number of hydrazine groups is 1. The van der Waals surface area contributed by atoms with Gasteiger partial charge in [0.15, 0.2) is 0 Å². The molecule has 0 amide bonds. The lowest BCUT2D eigenvalue weighted by Crippen LogP contribution is -2.67. The van der Waals surface area contributed by atoms with E-state index in [2.05, 4.69) is 29.2 Å². The van der Waals surface area contributed by atoms with Gasteiger partial charge in [-0.15, -0.1) is 0 Å². The quantitative estimate of drug-likeness (QED) is 0.809. The highest BCUT2D eigenvalue weighted by Crippen LogP contribution is 2.36. The molecule has 0 spiro atoms. The molecular weight excluding hydrogens is 236 g/mol. The van der Waals surface area contributed by atoms with Crippen LogP contribution in [0.1, 0.15) is 52.4 Å². The Balaban J connectivity index is 1.75. The fourth-order valence-electron chi connectivity index (χ4n) is 4.54. The van der Waals surface area contributed by atoms with E-state index >= 15 is 0 Å². The highest BCUT2D eigenvalue weighted by atomic mass is 15.6. The van der Waals surface area contributed by atoms with Gasteiger partial charge in [-0.3, -0.25) is 4.90 Å². The van der Waals surface area contributed by atoms with Gasteiger partial charge in [0.2, 0.25) is 0 Å². The first-order valence-electron chi connectivity index (χ1n) is 8.16. The van der Waals surface area contributed by atoms with Crippen LogP contribution in [0.3, 0.4) is 0 Å². The number of nitrogens with one attached hydrogen (secondary N) is 1. The third-order valence-corrected chi connectivity index (χ3v) is 5.76. The summed E-state index contributed by atoms with van der Waals surface area (Å²) < 4.78 is 0. The number of hydrogen-bond acceptors (Lipinski definition) is 4. The van der Waals surface area contributed by atoms with E-state index in [0.29, 0.717) is 18.1 Å². The van der Waals surface area contributed by atoms with Crippen LogP contribution in [0.2, 0.25) is 0 Å². The van der Waals surface area contributed by atoms with E-state index < -0.39 is 0 Å². The van der Waals surface area contributed by atoms with Gasteiger partial charge in [-0.05, 0) is 52.5 Å². The number of hydrogen-bond donors (Lipinski definition) is 2. The molecule has 0 aromatic rings. The number of rotatable bonds is 3. The van der Waals surface area contributed by atoms with Gasteiger partial charge in [0.25, 0.3) is 0 Å². The zero-order chi connectivity index (χ0) is 13.5. The Bertz CT molecular complexity index is 311. The summed E-state index contributed by atoms with van der Waals surface area (Å²) in [6.45, 7) is 7.98. The molecule has 0 aromatic heterocycles. The number of nitrogens with zero attached hydrogens (tertiary/aromatic N) is 2. The predicted octanol–water partition coefficient (Wildman–Crippen LogP) is 1.32. The Labute approximate surface area is 117 Å². The van der Waals surface area contributed by atoms with Crippen LogP contribution in [0, 0.1) is 0 Å². The highest BCUT2D eigenvalue weighted by molar-refractivity contribution is 5.08. The van der Waals surface area contributed by atoms with E-state index in [9.17, 15) is 0 Å². The van der Waals surface area contributed by atoms with Crippen molar-refractivity contribution < 1.29 is 0 Å². The SMILES string of the molecule is CC1CCCC(C)N1NC1(CN)CCN2CCCC21. The van der Waals surface area contributed by atoms with Crippen LogP contribution < -0.4 is 11.2 Å². The summed E-state index contributed by atoms with van der Waals surface area (Å²) in [5.74, 6) is 0. The first kappa shape index (κ1) is 13.8. The monoisotopic (exact) mass is 266 g/mol. The molecule has 3 heterocycles. The van der Waals surface area contributed by atoms with Gasteiger partial charge in [0, 0.05) is 31.2 Å². The minimum Gasteiger partial charge on any atom is -0.329 e. The second-order valence-electron chi connectivity index (χ2n) is 6.95. The van der Waals surface area contributed by atoms with Crippen LogP contribution in [-0.4, -0.2) is 53.2 Å². The summed E-state index contributed by atoms with van der Waals surface area (Å²) in [5.41, 5.74) is 10.3. The van der Waals surface area contributed by atoms with E-state index in [-0.39, 0.29) is 5.54 Å². The van der Waals surface area contributed by atoms with Crippen LogP contribution in [-0.2, 0) is 0 Å². The highest BCUT2D eigenvalue weighted by Gasteiger charge is 2.49. The van der Waals surface area contributed by atoms with Crippen molar-refractivity contribution in [3.8, 4) is 0 Å². The number of fused-ring (bicyclic) bond motifs is 1. The van der Waals surface area contributed by atoms with Gasteiger partial charge >= 0.3 is 0 Å². The Kier molecular flexibility index (Phi) is 3.87. The van der Waals surface area contributed by atoms with E-state index in [1.165, 1.54) is 51.6 Å². The topological polar surface area (TPSA) is 44.5 Å². The molecule has 3 aliphatic rings. The lowest BCUT2D eigenvalue weighted by molar-refractivity contribution is -0.00601. The Morgan fingerprint density at radius 2 is 1.84 bits per heavy atom. The maximum Gasteiger partial charge on any atom is 0.0615 e. The fourth-order valence-corrected chi connectivity index (χ4v) is 4.54. The summed E-state index contributed by atoms with van der Waals surface area (Å²) in [7, 11) is 0. The first-order valence-corrected chi connectivity index (χ1v) is 8.16. The second-order valence-corrected chi connectivity index (χ2v) is 6.95. The number of nitrogens with two attached hydrogens (primary N) is 1. The molecule has 3 fully saturated rings. The molecule has 3 N–H and O–H groups in total. The van der Waals surface area contributed by atoms with Gasteiger partial charge in [-0.25, -0.2) is 10.4 Å². The van der Waals surface area contributed by atoms with Crippen molar-refractivity contribution >= 4 is 0 Å². The summed E-state index contributed by atoms with van der Waals surface area (Å²) in [6, 6.07) is 1.95. The molecule has 4 atom stereocenters. The van der Waals surface area contributed by atoms with Gasteiger partial charge in [-0.2, -0.15) is 0 Å². The largest absolute Gasteiger partial charge is 0.329 e. The Hall–Kier alpha value is -0.160. The summed E-state index contributed by atoms with van der Waals surface area (Å²) in [5, 5.41) is 2.53. The summed E-state index contributed by atoms with van der Waals surface area (Å²) in [4.78, 5) is 2.65. The molecule has 0 saturated carbocycles. The van der Waals surface area contributed by atoms with Crippen molar-refractivity contribution in [3.05, 3.63) is 0 Å². The van der Waals surface area contributed by atoms with Crippen molar-refractivity contribution in [2.45, 2.75) is 76.0 Å². The molecule has 4 heteroatoms. The van der Waals surface area contributed by atoms with Crippen molar-refractivity contribution in [2.75, 3.05) is 19.6 Å². The zero-order valence-corrected chi connectivity index (χ0v) is 12.6. The van der Waals surface area contributed by atoms with Crippen LogP contribution in [0.5, 0.6) is 0 Å². The minimum absolute atomic E-state index is 0.135. The van der Waals surface area contributed by atoms with Gasteiger partial charge in [0.05, 0.1) is 5.54 Å². The molecule has 0 aliphatic carbocycles. The molecule has 110 valence electrons. The normalized spacial score (nSPS) is 44.7. The zero-order valence-electron chi connectivity index (χ0n) is 12.6. The standard InChI is InChI=1S/C15H30N4/c1-12-5-3-6-13(2)19(12)17-15(11-16)8-10-18-9-4-7-14(15)18/h12-14,17H,3-11,16H2,1-2H3. The van der Waals surface area contributed by atoms with E-state index in [4.69, 9.17) is 5.73 Å². The fraction of sp³-hybridized carbons (Fsp3) is 1.00. The summed E-state index contributed by atoms with van der Waals surface area (Å²) in [6.07, 6.45) is 7.87. The van der Waals surface area contributed by atoms with Crippen molar-refractivity contribution in [2.24, 2.45) is 5.73 Å². The molecule has 0 aromatic carbocycles. The van der Waals surface area contributed by atoms with Crippen LogP contribution in [0.4, 0.5) is 0 Å². The lowest BCUT2D eigenvalue weighted by Gasteiger charge is -2.47. The third-order valence-electron chi connectivity index (χ3n) is 5.76. The predicted molar refractivity (Wildman–Crippen MR) is 78.7 cm³/mol. The van der Waals surface area contributed by atoms with Crippen LogP contribution >= 0.6 is 0 Å². The second kappa shape index (κ2) is 5.32. The molecule has 0 radical (unpaired) electrons. The molecule has 3 rings (SSSR count). The maximum atomic E-state index is 6.22. The summed E-state index contributed by atoms with van der Waals surface area (Å²) >= 11 is 0. The molecule has 4 nitrogen and oxygen atoms in total. The Morgan fingerprint density at radius 3 is 2.53 bits per heavy atom. The molecule has 3 aliphatic heterocycles. The van der Waals surface area contributed by atoms with Crippen LogP contribution in [0.25, 0.3) is 0 Å². The van der Waals surface area contributed by atoms with E-state index in [0.717, 1.165) is 6.54 Å². The van der Waals surface area contributed by atoms with E-state index in [1.807, 2.05) is 0 Å². The van der Waals surface area contributed by atoms with Crippen molar-refractivity contribution in [1.82, 2.24) is 15.3 Å². The lowest BCUT2D eigenvalue weighted by atomic mass is 9.88. The van der Waals surface area contributed by atoms with Crippen molar-refractivity contribution in [3.63, 3.8) is 0 Å². The average Bonchev–Trinajstić information content (AvgIpc) is 2.97. The minimum atomic E-state index is 0.135. The molecule has 0 bridgehead atoms. The van der Waals surface area contributed by atoms with Gasteiger partial charge < -0.3 is 5.73 Å². The number of piperidine rings is 1. The third kappa shape index (κ3) is 2.33. The maximum absolute atomic E-state index is 6.22.